The lowest BCUT2D eigenvalue weighted by molar-refractivity contribution is -0.115. The van der Waals surface area contributed by atoms with Gasteiger partial charge < -0.3 is 10.6 Å². The van der Waals surface area contributed by atoms with Crippen LogP contribution in [0, 0.1) is 11.3 Å². The minimum Gasteiger partial charge on any atom is -0.354 e. The van der Waals surface area contributed by atoms with Crippen LogP contribution in [0.2, 0.25) is 0 Å². The Labute approximate surface area is 143 Å². The molecule has 2 N–H and O–H groups in total. The molecule has 3 aromatic rings. The summed E-state index contributed by atoms with van der Waals surface area (Å²) in [6.45, 7) is 0. The molecule has 0 unspecified atom stereocenters. The zero-order valence-corrected chi connectivity index (χ0v) is 13.5. The van der Waals surface area contributed by atoms with Crippen molar-refractivity contribution in [2.24, 2.45) is 0 Å². The maximum absolute atomic E-state index is 11.9. The van der Waals surface area contributed by atoms with E-state index in [1.54, 1.807) is 35.7 Å². The molecule has 0 atom stereocenters. The zero-order chi connectivity index (χ0) is 16.8. The molecule has 2 aromatic heterocycles. The standard InChI is InChI=1S/C18H14N4OS/c19-11-13-3-1-4-14(9-13)21-15-6-7-17(20-12-15)22-18(23)10-16-5-2-8-24-16/h1-9,12,21H,10H2,(H,20,22,23). The molecule has 6 heteroatoms. The zero-order valence-electron chi connectivity index (χ0n) is 12.7. The average Bonchev–Trinajstić information content (AvgIpc) is 3.09. The fourth-order valence-corrected chi connectivity index (χ4v) is 2.84. The molecular formula is C18H14N4OS. The summed E-state index contributed by atoms with van der Waals surface area (Å²) in [6, 6.07) is 16.7. The van der Waals surface area contributed by atoms with Crippen LogP contribution in [0.1, 0.15) is 10.4 Å². The van der Waals surface area contributed by atoms with Crippen LogP contribution in [0.15, 0.2) is 60.1 Å². The third-order valence-corrected chi connectivity index (χ3v) is 4.10. The van der Waals surface area contributed by atoms with Gasteiger partial charge in [-0.25, -0.2) is 4.98 Å². The van der Waals surface area contributed by atoms with E-state index in [9.17, 15) is 4.79 Å². The molecule has 3 rings (SSSR count). The second-order valence-electron chi connectivity index (χ2n) is 5.05. The van der Waals surface area contributed by atoms with E-state index in [0.29, 0.717) is 17.8 Å². The highest BCUT2D eigenvalue weighted by molar-refractivity contribution is 7.10. The highest BCUT2D eigenvalue weighted by Crippen LogP contribution is 2.18. The number of benzene rings is 1. The first-order valence-electron chi connectivity index (χ1n) is 7.28. The number of carbonyl (C=O) groups excluding carboxylic acids is 1. The van der Waals surface area contributed by atoms with Gasteiger partial charge in [-0.1, -0.05) is 12.1 Å². The molecule has 118 valence electrons. The second kappa shape index (κ2) is 7.40. The third kappa shape index (κ3) is 4.18. The van der Waals surface area contributed by atoms with Crippen LogP contribution < -0.4 is 10.6 Å². The molecule has 0 radical (unpaired) electrons. The molecule has 24 heavy (non-hydrogen) atoms. The van der Waals surface area contributed by atoms with Gasteiger partial charge in [0.15, 0.2) is 0 Å². The molecule has 2 heterocycles. The van der Waals surface area contributed by atoms with Crippen LogP contribution in [0.5, 0.6) is 0 Å². The smallest absolute Gasteiger partial charge is 0.230 e. The molecule has 5 nitrogen and oxygen atoms in total. The minimum absolute atomic E-state index is 0.0904. The van der Waals surface area contributed by atoms with E-state index in [0.717, 1.165) is 16.3 Å². The molecule has 0 aliphatic carbocycles. The van der Waals surface area contributed by atoms with E-state index in [-0.39, 0.29) is 5.91 Å². The van der Waals surface area contributed by atoms with Crippen molar-refractivity contribution >= 4 is 34.4 Å². The van der Waals surface area contributed by atoms with Gasteiger partial charge in [0.1, 0.15) is 5.82 Å². The van der Waals surface area contributed by atoms with Gasteiger partial charge in [0.05, 0.1) is 29.9 Å². The first kappa shape index (κ1) is 15.7. The van der Waals surface area contributed by atoms with Gasteiger partial charge >= 0.3 is 0 Å². The summed E-state index contributed by atoms with van der Waals surface area (Å²) in [5.41, 5.74) is 2.18. The number of nitrogens with zero attached hydrogens (tertiary/aromatic N) is 2. The summed E-state index contributed by atoms with van der Waals surface area (Å²) in [6.07, 6.45) is 1.99. The highest BCUT2D eigenvalue weighted by atomic mass is 32.1. The Hall–Kier alpha value is -3.17. The van der Waals surface area contributed by atoms with Crippen molar-refractivity contribution < 1.29 is 4.79 Å². The van der Waals surface area contributed by atoms with Crippen molar-refractivity contribution in [2.75, 3.05) is 10.6 Å². The Kier molecular flexibility index (Phi) is 4.84. The van der Waals surface area contributed by atoms with E-state index in [4.69, 9.17) is 5.26 Å². The molecule has 1 amide bonds. The predicted molar refractivity (Wildman–Crippen MR) is 95.3 cm³/mol. The van der Waals surface area contributed by atoms with E-state index in [1.165, 1.54) is 0 Å². The maximum atomic E-state index is 11.9. The Morgan fingerprint density at radius 1 is 1.17 bits per heavy atom. The van der Waals surface area contributed by atoms with Crippen molar-refractivity contribution in [2.45, 2.75) is 6.42 Å². The van der Waals surface area contributed by atoms with Gasteiger partial charge in [0.2, 0.25) is 5.91 Å². The number of amides is 1. The van der Waals surface area contributed by atoms with Gasteiger partial charge in [-0.3, -0.25) is 4.79 Å². The lowest BCUT2D eigenvalue weighted by Gasteiger charge is -2.08. The molecule has 0 saturated carbocycles. The van der Waals surface area contributed by atoms with Gasteiger partial charge in [-0.05, 0) is 41.8 Å². The van der Waals surface area contributed by atoms with Gasteiger partial charge in [0.25, 0.3) is 0 Å². The lowest BCUT2D eigenvalue weighted by atomic mass is 10.2. The number of hydrogen-bond acceptors (Lipinski definition) is 5. The molecular weight excluding hydrogens is 320 g/mol. The van der Waals surface area contributed by atoms with Crippen LogP contribution >= 0.6 is 11.3 Å². The number of anilines is 3. The van der Waals surface area contributed by atoms with Crippen molar-refractivity contribution in [1.82, 2.24) is 4.98 Å². The van der Waals surface area contributed by atoms with Crippen LogP contribution in [0.3, 0.4) is 0 Å². The van der Waals surface area contributed by atoms with Gasteiger partial charge in [-0.15, -0.1) is 11.3 Å². The quantitative estimate of drug-likeness (QED) is 0.741. The van der Waals surface area contributed by atoms with Crippen molar-refractivity contribution in [3.8, 4) is 6.07 Å². The number of hydrogen-bond donors (Lipinski definition) is 2. The SMILES string of the molecule is N#Cc1cccc(Nc2ccc(NC(=O)Cc3cccs3)nc2)c1. The Morgan fingerprint density at radius 3 is 2.79 bits per heavy atom. The number of rotatable bonds is 5. The van der Waals surface area contributed by atoms with Gasteiger partial charge in [0, 0.05) is 10.6 Å². The maximum Gasteiger partial charge on any atom is 0.230 e. The van der Waals surface area contributed by atoms with E-state index >= 15 is 0 Å². The Balaban J connectivity index is 1.60. The molecule has 1 aromatic carbocycles. The van der Waals surface area contributed by atoms with Crippen molar-refractivity contribution in [3.05, 3.63) is 70.5 Å². The third-order valence-electron chi connectivity index (χ3n) is 3.23. The highest BCUT2D eigenvalue weighted by Gasteiger charge is 2.06. The Bertz CT molecular complexity index is 867. The van der Waals surface area contributed by atoms with Crippen LogP contribution in [-0.2, 0) is 11.2 Å². The van der Waals surface area contributed by atoms with E-state index < -0.39 is 0 Å². The fraction of sp³-hybridized carbons (Fsp3) is 0.0556. The predicted octanol–water partition coefficient (Wildman–Crippen LogP) is 3.94. The number of nitrogens with one attached hydrogen (secondary N) is 2. The van der Waals surface area contributed by atoms with Gasteiger partial charge in [-0.2, -0.15) is 5.26 Å². The first-order valence-corrected chi connectivity index (χ1v) is 8.16. The number of carbonyl (C=O) groups is 1. The fourth-order valence-electron chi connectivity index (χ4n) is 2.13. The molecule has 0 aliphatic heterocycles. The number of thiophene rings is 1. The van der Waals surface area contributed by atoms with Crippen molar-refractivity contribution in [1.29, 1.82) is 5.26 Å². The normalized spacial score (nSPS) is 9.96. The number of nitriles is 1. The molecule has 0 saturated heterocycles. The lowest BCUT2D eigenvalue weighted by Crippen LogP contribution is -2.14. The van der Waals surface area contributed by atoms with E-state index in [2.05, 4.69) is 21.7 Å². The molecule has 0 fully saturated rings. The minimum atomic E-state index is -0.0904. The summed E-state index contributed by atoms with van der Waals surface area (Å²) in [4.78, 5) is 17.2. The van der Waals surface area contributed by atoms with E-state index in [1.807, 2.05) is 35.7 Å². The monoisotopic (exact) mass is 334 g/mol. The topological polar surface area (TPSA) is 77.8 Å². The van der Waals surface area contributed by atoms with Crippen molar-refractivity contribution in [3.63, 3.8) is 0 Å². The summed E-state index contributed by atoms with van der Waals surface area (Å²) in [7, 11) is 0. The second-order valence-corrected chi connectivity index (χ2v) is 6.09. The number of aromatic nitrogens is 1. The number of pyridine rings is 1. The molecule has 0 aliphatic rings. The summed E-state index contributed by atoms with van der Waals surface area (Å²) in [5, 5.41) is 16.8. The largest absolute Gasteiger partial charge is 0.354 e. The van der Waals surface area contributed by atoms with Crippen LogP contribution in [-0.4, -0.2) is 10.9 Å². The van der Waals surface area contributed by atoms with Crippen LogP contribution in [0.25, 0.3) is 0 Å². The van der Waals surface area contributed by atoms with Crippen LogP contribution in [0.4, 0.5) is 17.2 Å². The average molecular weight is 334 g/mol. The Morgan fingerprint density at radius 2 is 2.08 bits per heavy atom. The first-order chi connectivity index (χ1) is 11.7. The molecule has 0 spiro atoms. The summed E-state index contributed by atoms with van der Waals surface area (Å²) >= 11 is 1.55. The molecule has 0 bridgehead atoms. The summed E-state index contributed by atoms with van der Waals surface area (Å²) in [5.74, 6) is 0.417. The summed E-state index contributed by atoms with van der Waals surface area (Å²) < 4.78 is 0.